The first-order valence-electron chi connectivity index (χ1n) is 5.51. The Hall–Kier alpha value is -1.42. The summed E-state index contributed by atoms with van der Waals surface area (Å²) in [7, 11) is 0. The van der Waals surface area contributed by atoms with Crippen molar-refractivity contribution in [2.24, 2.45) is 0 Å². The summed E-state index contributed by atoms with van der Waals surface area (Å²) in [6, 6.07) is 4.00. The summed E-state index contributed by atoms with van der Waals surface area (Å²) in [5, 5.41) is 12.2. The topological polar surface area (TPSA) is 49.3 Å². The third-order valence-corrected chi connectivity index (χ3v) is 2.91. The molecule has 3 nitrogen and oxygen atoms in total. The molecule has 0 aliphatic rings. The van der Waals surface area contributed by atoms with Crippen LogP contribution in [0.25, 0.3) is 0 Å². The van der Waals surface area contributed by atoms with Crippen molar-refractivity contribution in [3.05, 3.63) is 35.1 Å². The molecule has 0 saturated carbocycles. The fraction of sp³-hybridized carbons (Fsp3) is 0.462. The molecule has 0 aromatic heterocycles. The van der Waals surface area contributed by atoms with Gasteiger partial charge >= 0.3 is 0 Å². The monoisotopic (exact) mass is 239 g/mol. The van der Waals surface area contributed by atoms with Crippen molar-refractivity contribution in [1.82, 2.24) is 5.32 Å². The SMILES string of the molecule is Cc1cc(F)ccc1C(=O)NC(C)(C)C(C)O. The Morgan fingerprint density at radius 2 is 2.06 bits per heavy atom. The molecule has 1 rings (SSSR count). The second-order valence-corrected chi connectivity index (χ2v) is 4.81. The summed E-state index contributed by atoms with van der Waals surface area (Å²) in [5.74, 6) is -0.678. The second-order valence-electron chi connectivity index (χ2n) is 4.81. The molecule has 17 heavy (non-hydrogen) atoms. The molecule has 2 N–H and O–H groups in total. The average molecular weight is 239 g/mol. The van der Waals surface area contributed by atoms with Crippen molar-refractivity contribution in [3.63, 3.8) is 0 Å². The average Bonchev–Trinajstić information content (AvgIpc) is 2.15. The van der Waals surface area contributed by atoms with Crippen LogP contribution < -0.4 is 5.32 Å². The van der Waals surface area contributed by atoms with Gasteiger partial charge in [0.1, 0.15) is 5.82 Å². The number of nitrogens with one attached hydrogen (secondary N) is 1. The van der Waals surface area contributed by atoms with Gasteiger partial charge < -0.3 is 10.4 Å². The predicted molar refractivity (Wildman–Crippen MR) is 64.4 cm³/mol. The highest BCUT2D eigenvalue weighted by molar-refractivity contribution is 5.96. The van der Waals surface area contributed by atoms with Gasteiger partial charge in [-0.05, 0) is 51.5 Å². The number of hydrogen-bond acceptors (Lipinski definition) is 2. The number of hydrogen-bond donors (Lipinski definition) is 2. The molecule has 0 heterocycles. The van der Waals surface area contributed by atoms with Crippen molar-refractivity contribution in [3.8, 4) is 0 Å². The Morgan fingerprint density at radius 1 is 1.47 bits per heavy atom. The molecule has 94 valence electrons. The maximum absolute atomic E-state index is 12.9. The molecule has 0 spiro atoms. The number of carbonyl (C=O) groups is 1. The van der Waals surface area contributed by atoms with E-state index in [0.717, 1.165) is 0 Å². The van der Waals surface area contributed by atoms with Crippen LogP contribution in [0.1, 0.15) is 36.7 Å². The van der Waals surface area contributed by atoms with Gasteiger partial charge in [0, 0.05) is 5.56 Å². The number of aliphatic hydroxyl groups is 1. The zero-order valence-electron chi connectivity index (χ0n) is 10.5. The van der Waals surface area contributed by atoms with Crippen molar-refractivity contribution in [2.45, 2.75) is 39.3 Å². The quantitative estimate of drug-likeness (QED) is 0.847. The lowest BCUT2D eigenvalue weighted by Crippen LogP contribution is -2.51. The van der Waals surface area contributed by atoms with E-state index in [9.17, 15) is 14.3 Å². The molecule has 0 fully saturated rings. The lowest BCUT2D eigenvalue weighted by Gasteiger charge is -2.29. The smallest absolute Gasteiger partial charge is 0.252 e. The molecular formula is C13H18FNO2. The minimum atomic E-state index is -0.724. The number of benzene rings is 1. The van der Waals surface area contributed by atoms with Crippen LogP contribution in [0.15, 0.2) is 18.2 Å². The van der Waals surface area contributed by atoms with Gasteiger partial charge in [-0.15, -0.1) is 0 Å². The van der Waals surface area contributed by atoms with E-state index in [2.05, 4.69) is 5.32 Å². The first kappa shape index (κ1) is 13.6. The number of amides is 1. The standard InChI is InChI=1S/C13H18FNO2/c1-8-7-10(14)5-6-11(8)12(17)15-13(3,4)9(2)16/h5-7,9,16H,1-4H3,(H,15,17). The van der Waals surface area contributed by atoms with Gasteiger partial charge in [-0.3, -0.25) is 4.79 Å². The molecule has 1 amide bonds. The maximum Gasteiger partial charge on any atom is 0.252 e. The van der Waals surface area contributed by atoms with Crippen LogP contribution in [-0.2, 0) is 0 Å². The summed E-state index contributed by atoms with van der Waals surface area (Å²) in [5.41, 5.74) is 0.266. The maximum atomic E-state index is 12.9. The van der Waals surface area contributed by atoms with Crippen molar-refractivity contribution < 1.29 is 14.3 Å². The summed E-state index contributed by atoms with van der Waals surface area (Å²) >= 11 is 0. The Labute approximate surface area is 101 Å². The molecular weight excluding hydrogens is 221 g/mol. The van der Waals surface area contributed by atoms with Gasteiger partial charge in [0.25, 0.3) is 5.91 Å². The van der Waals surface area contributed by atoms with Crippen LogP contribution in [0.4, 0.5) is 4.39 Å². The third-order valence-electron chi connectivity index (χ3n) is 2.91. The largest absolute Gasteiger partial charge is 0.391 e. The Bertz CT molecular complexity index is 427. The van der Waals surface area contributed by atoms with Crippen molar-refractivity contribution in [2.75, 3.05) is 0 Å². The number of halogens is 1. The first-order valence-corrected chi connectivity index (χ1v) is 5.51. The second kappa shape index (κ2) is 4.84. The molecule has 0 bridgehead atoms. The zero-order valence-corrected chi connectivity index (χ0v) is 10.5. The van der Waals surface area contributed by atoms with Gasteiger partial charge in [0.2, 0.25) is 0 Å². The van der Waals surface area contributed by atoms with Crippen molar-refractivity contribution in [1.29, 1.82) is 0 Å². The molecule has 1 aromatic carbocycles. The molecule has 0 saturated heterocycles. The van der Waals surface area contributed by atoms with E-state index in [1.54, 1.807) is 27.7 Å². The Kier molecular flexibility index (Phi) is 3.88. The summed E-state index contributed by atoms with van der Waals surface area (Å²) in [6.45, 7) is 6.74. The number of rotatable bonds is 3. The zero-order chi connectivity index (χ0) is 13.2. The van der Waals surface area contributed by atoms with E-state index < -0.39 is 11.6 Å². The van der Waals surface area contributed by atoms with Gasteiger partial charge in [-0.25, -0.2) is 4.39 Å². The highest BCUT2D eigenvalue weighted by Gasteiger charge is 2.26. The minimum Gasteiger partial charge on any atom is -0.391 e. The lowest BCUT2D eigenvalue weighted by atomic mass is 9.97. The van der Waals surface area contributed by atoms with Gasteiger partial charge in [0.15, 0.2) is 0 Å². The Balaban J connectivity index is 2.91. The van der Waals surface area contributed by atoms with E-state index in [0.29, 0.717) is 11.1 Å². The first-order chi connectivity index (χ1) is 7.74. The fourth-order valence-corrected chi connectivity index (χ4v) is 1.35. The summed E-state index contributed by atoms with van der Waals surface area (Å²) < 4.78 is 12.9. The van der Waals surface area contributed by atoms with Crippen LogP contribution in [0, 0.1) is 12.7 Å². The highest BCUT2D eigenvalue weighted by Crippen LogP contribution is 2.14. The highest BCUT2D eigenvalue weighted by atomic mass is 19.1. The molecule has 0 radical (unpaired) electrons. The van der Waals surface area contributed by atoms with Crippen molar-refractivity contribution >= 4 is 5.91 Å². The van der Waals surface area contributed by atoms with E-state index >= 15 is 0 Å². The Morgan fingerprint density at radius 3 is 2.53 bits per heavy atom. The summed E-state index contributed by atoms with van der Waals surface area (Å²) in [6.07, 6.45) is -0.674. The fourth-order valence-electron chi connectivity index (χ4n) is 1.35. The number of carbonyl (C=O) groups excluding carboxylic acids is 1. The van der Waals surface area contributed by atoms with Gasteiger partial charge in [0.05, 0.1) is 11.6 Å². The van der Waals surface area contributed by atoms with Gasteiger partial charge in [-0.1, -0.05) is 0 Å². The minimum absolute atomic E-state index is 0.312. The molecule has 4 heteroatoms. The number of aliphatic hydroxyl groups excluding tert-OH is 1. The molecule has 1 unspecified atom stereocenters. The van der Waals surface area contributed by atoms with E-state index in [1.807, 2.05) is 0 Å². The molecule has 1 atom stereocenters. The van der Waals surface area contributed by atoms with Crippen LogP contribution >= 0.6 is 0 Å². The van der Waals surface area contributed by atoms with E-state index in [-0.39, 0.29) is 11.7 Å². The predicted octanol–water partition coefficient (Wildman–Crippen LogP) is 2.02. The molecule has 0 aliphatic carbocycles. The normalized spacial score (nSPS) is 13.3. The number of aryl methyl sites for hydroxylation is 1. The van der Waals surface area contributed by atoms with Crippen LogP contribution in [0.2, 0.25) is 0 Å². The van der Waals surface area contributed by atoms with E-state index in [1.165, 1.54) is 18.2 Å². The van der Waals surface area contributed by atoms with Crippen LogP contribution in [0.3, 0.4) is 0 Å². The molecule has 1 aromatic rings. The molecule has 0 aliphatic heterocycles. The van der Waals surface area contributed by atoms with Crippen LogP contribution in [0.5, 0.6) is 0 Å². The third kappa shape index (κ3) is 3.27. The summed E-state index contributed by atoms with van der Waals surface area (Å²) in [4.78, 5) is 12.0. The van der Waals surface area contributed by atoms with Gasteiger partial charge in [-0.2, -0.15) is 0 Å². The van der Waals surface area contributed by atoms with Crippen LogP contribution in [-0.4, -0.2) is 22.7 Å². The lowest BCUT2D eigenvalue weighted by molar-refractivity contribution is 0.0709. The van der Waals surface area contributed by atoms with E-state index in [4.69, 9.17) is 0 Å².